The lowest BCUT2D eigenvalue weighted by Gasteiger charge is -2.07. The van der Waals surface area contributed by atoms with E-state index in [2.05, 4.69) is 6.58 Å². The minimum Gasteiger partial charge on any atom is -0.493 e. The zero-order chi connectivity index (χ0) is 12.9. The van der Waals surface area contributed by atoms with Crippen molar-refractivity contribution < 1.29 is 13.2 Å². The third-order valence-electron chi connectivity index (χ3n) is 2.01. The van der Waals surface area contributed by atoms with Gasteiger partial charge < -0.3 is 10.5 Å². The number of nitrogen functional groups attached to an aromatic ring is 1. The first-order chi connectivity index (χ1) is 7.89. The standard InChI is InChI=1S/C12H17NO3S/c1-10(2)9-17(14,15)8-7-16-12-5-3-11(13)4-6-12/h3-6H,1,7-9,13H2,2H3. The van der Waals surface area contributed by atoms with E-state index in [1.807, 2.05) is 0 Å². The van der Waals surface area contributed by atoms with Crippen molar-refractivity contribution >= 4 is 15.5 Å². The van der Waals surface area contributed by atoms with Crippen molar-refractivity contribution in [2.75, 3.05) is 23.8 Å². The highest BCUT2D eigenvalue weighted by Gasteiger charge is 2.10. The minimum atomic E-state index is -3.11. The van der Waals surface area contributed by atoms with Crippen LogP contribution in [-0.2, 0) is 9.84 Å². The molecule has 1 aromatic rings. The molecule has 0 fully saturated rings. The van der Waals surface area contributed by atoms with Crippen LogP contribution < -0.4 is 10.5 Å². The van der Waals surface area contributed by atoms with Crippen LogP contribution in [0.4, 0.5) is 5.69 Å². The Kier molecular flexibility index (Phi) is 4.57. The average molecular weight is 255 g/mol. The molecule has 0 saturated heterocycles. The number of benzene rings is 1. The van der Waals surface area contributed by atoms with Crippen LogP contribution in [0.2, 0.25) is 0 Å². The van der Waals surface area contributed by atoms with Crippen LogP contribution in [0.15, 0.2) is 36.4 Å². The maximum Gasteiger partial charge on any atom is 0.157 e. The summed E-state index contributed by atoms with van der Waals surface area (Å²) in [5, 5.41) is 0. The molecular formula is C12H17NO3S. The van der Waals surface area contributed by atoms with E-state index in [-0.39, 0.29) is 18.1 Å². The Morgan fingerprint density at radius 2 is 1.94 bits per heavy atom. The van der Waals surface area contributed by atoms with Gasteiger partial charge in [0, 0.05) is 5.69 Å². The molecule has 0 atom stereocenters. The van der Waals surface area contributed by atoms with Gasteiger partial charge in [0.15, 0.2) is 9.84 Å². The van der Waals surface area contributed by atoms with E-state index in [0.717, 1.165) is 0 Å². The number of hydrogen-bond acceptors (Lipinski definition) is 4. The molecule has 0 bridgehead atoms. The fourth-order valence-corrected chi connectivity index (χ4v) is 2.53. The zero-order valence-corrected chi connectivity index (χ0v) is 10.7. The molecule has 0 unspecified atom stereocenters. The smallest absolute Gasteiger partial charge is 0.157 e. The first-order valence-electron chi connectivity index (χ1n) is 5.22. The SMILES string of the molecule is C=C(C)CS(=O)(=O)CCOc1ccc(N)cc1. The van der Waals surface area contributed by atoms with Crippen molar-refractivity contribution in [3.8, 4) is 5.75 Å². The van der Waals surface area contributed by atoms with Gasteiger partial charge in [0.1, 0.15) is 12.4 Å². The fourth-order valence-electron chi connectivity index (χ4n) is 1.30. The van der Waals surface area contributed by atoms with Gasteiger partial charge >= 0.3 is 0 Å². The Morgan fingerprint density at radius 3 is 2.47 bits per heavy atom. The average Bonchev–Trinajstić information content (AvgIpc) is 2.18. The Balaban J connectivity index is 2.42. The molecular weight excluding hydrogens is 238 g/mol. The molecule has 0 radical (unpaired) electrons. The van der Waals surface area contributed by atoms with Crippen molar-refractivity contribution in [3.63, 3.8) is 0 Å². The molecule has 5 heteroatoms. The number of ether oxygens (including phenoxy) is 1. The zero-order valence-electron chi connectivity index (χ0n) is 9.85. The van der Waals surface area contributed by atoms with Gasteiger partial charge in [0.2, 0.25) is 0 Å². The summed E-state index contributed by atoms with van der Waals surface area (Å²) in [4.78, 5) is 0. The molecule has 4 nitrogen and oxygen atoms in total. The molecule has 94 valence electrons. The van der Waals surface area contributed by atoms with Crippen LogP contribution >= 0.6 is 0 Å². The van der Waals surface area contributed by atoms with Gasteiger partial charge in [0.05, 0.1) is 11.5 Å². The van der Waals surface area contributed by atoms with Gasteiger partial charge in [-0.25, -0.2) is 8.42 Å². The summed E-state index contributed by atoms with van der Waals surface area (Å²) in [5.74, 6) is 0.618. The highest BCUT2D eigenvalue weighted by atomic mass is 32.2. The van der Waals surface area contributed by atoms with Crippen molar-refractivity contribution in [1.29, 1.82) is 0 Å². The molecule has 0 aliphatic rings. The van der Waals surface area contributed by atoms with E-state index in [1.54, 1.807) is 31.2 Å². The minimum absolute atomic E-state index is 0.00969. The van der Waals surface area contributed by atoms with Crippen molar-refractivity contribution in [3.05, 3.63) is 36.4 Å². The van der Waals surface area contributed by atoms with E-state index < -0.39 is 9.84 Å². The van der Waals surface area contributed by atoms with E-state index in [9.17, 15) is 8.42 Å². The Hall–Kier alpha value is -1.49. The van der Waals surface area contributed by atoms with Gasteiger partial charge in [0.25, 0.3) is 0 Å². The largest absolute Gasteiger partial charge is 0.493 e. The third kappa shape index (κ3) is 5.40. The van der Waals surface area contributed by atoms with Gasteiger partial charge in [-0.2, -0.15) is 0 Å². The quantitative estimate of drug-likeness (QED) is 0.619. The maximum atomic E-state index is 11.5. The molecule has 1 rings (SSSR count). The topological polar surface area (TPSA) is 69.4 Å². The van der Waals surface area contributed by atoms with Crippen molar-refractivity contribution in [2.45, 2.75) is 6.92 Å². The van der Waals surface area contributed by atoms with Crippen molar-refractivity contribution in [1.82, 2.24) is 0 Å². The van der Waals surface area contributed by atoms with Crippen LogP contribution in [0.3, 0.4) is 0 Å². The molecule has 0 saturated carbocycles. The predicted octanol–water partition coefficient (Wildman–Crippen LogP) is 1.64. The lowest BCUT2D eigenvalue weighted by Crippen LogP contribution is -2.17. The number of anilines is 1. The molecule has 0 amide bonds. The molecule has 0 aliphatic heterocycles. The lowest BCUT2D eigenvalue weighted by atomic mass is 10.3. The van der Waals surface area contributed by atoms with E-state index in [0.29, 0.717) is 17.0 Å². The summed E-state index contributed by atoms with van der Waals surface area (Å²) in [6.45, 7) is 5.41. The fraction of sp³-hybridized carbons (Fsp3) is 0.333. The molecule has 2 N–H and O–H groups in total. The van der Waals surface area contributed by atoms with E-state index in [1.165, 1.54) is 0 Å². The summed E-state index contributed by atoms with van der Waals surface area (Å²) in [5.41, 5.74) is 6.80. The number of hydrogen-bond donors (Lipinski definition) is 1. The summed E-state index contributed by atoms with van der Waals surface area (Å²) in [6, 6.07) is 6.83. The second kappa shape index (κ2) is 5.72. The molecule has 17 heavy (non-hydrogen) atoms. The molecule has 0 aliphatic carbocycles. The number of rotatable bonds is 6. The Morgan fingerprint density at radius 1 is 1.35 bits per heavy atom. The Labute approximate surface area is 102 Å². The molecule has 0 spiro atoms. The summed E-state index contributed by atoms with van der Waals surface area (Å²) in [6.07, 6.45) is 0. The van der Waals surface area contributed by atoms with Gasteiger partial charge in [-0.05, 0) is 31.2 Å². The number of sulfone groups is 1. The number of nitrogens with two attached hydrogens (primary N) is 1. The van der Waals surface area contributed by atoms with Crippen LogP contribution in [-0.4, -0.2) is 26.5 Å². The van der Waals surface area contributed by atoms with Gasteiger partial charge in [-0.3, -0.25) is 0 Å². The summed E-state index contributed by atoms with van der Waals surface area (Å²) < 4.78 is 28.4. The van der Waals surface area contributed by atoms with E-state index in [4.69, 9.17) is 10.5 Å². The first-order valence-corrected chi connectivity index (χ1v) is 7.04. The normalized spacial score (nSPS) is 11.1. The van der Waals surface area contributed by atoms with Crippen LogP contribution in [0.5, 0.6) is 5.75 Å². The molecule has 0 heterocycles. The molecule has 1 aromatic carbocycles. The van der Waals surface area contributed by atoms with Crippen molar-refractivity contribution in [2.24, 2.45) is 0 Å². The second-order valence-electron chi connectivity index (χ2n) is 3.97. The lowest BCUT2D eigenvalue weighted by molar-refractivity contribution is 0.341. The van der Waals surface area contributed by atoms with Crippen LogP contribution in [0.1, 0.15) is 6.92 Å². The van der Waals surface area contributed by atoms with Crippen LogP contribution in [0, 0.1) is 0 Å². The maximum absolute atomic E-state index is 11.5. The summed E-state index contributed by atoms with van der Waals surface area (Å²) in [7, 11) is -3.11. The summed E-state index contributed by atoms with van der Waals surface area (Å²) >= 11 is 0. The van der Waals surface area contributed by atoms with Gasteiger partial charge in [-0.1, -0.05) is 12.2 Å². The predicted molar refractivity (Wildman–Crippen MR) is 69.8 cm³/mol. The highest BCUT2D eigenvalue weighted by molar-refractivity contribution is 7.91. The molecule has 0 aromatic heterocycles. The monoisotopic (exact) mass is 255 g/mol. The third-order valence-corrected chi connectivity index (χ3v) is 3.73. The van der Waals surface area contributed by atoms with E-state index >= 15 is 0 Å². The van der Waals surface area contributed by atoms with Gasteiger partial charge in [-0.15, -0.1) is 0 Å². The highest BCUT2D eigenvalue weighted by Crippen LogP contribution is 2.13. The first kappa shape index (κ1) is 13.6. The second-order valence-corrected chi connectivity index (χ2v) is 6.15. The Bertz CT molecular complexity index is 477. The van der Waals surface area contributed by atoms with Crippen LogP contribution in [0.25, 0.3) is 0 Å².